The summed E-state index contributed by atoms with van der Waals surface area (Å²) in [5.41, 5.74) is 1.71. The molecule has 0 radical (unpaired) electrons. The lowest BCUT2D eigenvalue weighted by Crippen LogP contribution is -2.14. The van der Waals surface area contributed by atoms with E-state index in [2.05, 4.69) is 16.4 Å². The first-order valence-corrected chi connectivity index (χ1v) is 8.39. The molecular formula is C18H16N2OS. The van der Waals surface area contributed by atoms with Crippen molar-refractivity contribution in [1.82, 2.24) is 4.98 Å². The fourth-order valence-electron chi connectivity index (χ4n) is 2.56. The molecule has 0 saturated heterocycles. The van der Waals surface area contributed by atoms with E-state index in [1.807, 2.05) is 41.8 Å². The monoisotopic (exact) mass is 308 g/mol. The van der Waals surface area contributed by atoms with Crippen LogP contribution in [0.4, 0.5) is 5.69 Å². The van der Waals surface area contributed by atoms with Crippen LogP contribution in [0, 0.1) is 0 Å². The van der Waals surface area contributed by atoms with Gasteiger partial charge in [-0.15, -0.1) is 11.3 Å². The average molecular weight is 308 g/mol. The van der Waals surface area contributed by atoms with Crippen LogP contribution in [0.15, 0.2) is 47.8 Å². The molecule has 1 aliphatic carbocycles. The Kier molecular flexibility index (Phi) is 3.39. The normalized spacial score (nSPS) is 14.2. The Morgan fingerprint density at radius 3 is 2.82 bits per heavy atom. The highest BCUT2D eigenvalue weighted by molar-refractivity contribution is 7.09. The smallest absolute Gasteiger partial charge is 0.230 e. The first-order chi connectivity index (χ1) is 10.8. The molecule has 1 aromatic heterocycles. The van der Waals surface area contributed by atoms with Crippen LogP contribution in [0.5, 0.6) is 0 Å². The fourth-order valence-corrected chi connectivity index (χ4v) is 3.55. The molecule has 0 bridgehead atoms. The van der Waals surface area contributed by atoms with Crippen LogP contribution < -0.4 is 5.32 Å². The Labute approximate surface area is 133 Å². The first kappa shape index (κ1) is 13.5. The van der Waals surface area contributed by atoms with E-state index in [-0.39, 0.29) is 5.91 Å². The number of aromatic nitrogens is 1. The third-order valence-electron chi connectivity index (χ3n) is 3.87. The van der Waals surface area contributed by atoms with E-state index in [0.29, 0.717) is 12.3 Å². The number of amides is 1. The molecule has 3 nitrogen and oxygen atoms in total. The summed E-state index contributed by atoms with van der Waals surface area (Å²) in [4.78, 5) is 16.7. The molecular weight excluding hydrogens is 292 g/mol. The van der Waals surface area contributed by atoms with Crippen LogP contribution in [-0.2, 0) is 11.2 Å². The molecule has 3 aromatic rings. The van der Waals surface area contributed by atoms with Gasteiger partial charge in [0, 0.05) is 17.0 Å². The van der Waals surface area contributed by atoms with Crippen molar-refractivity contribution in [3.05, 3.63) is 58.5 Å². The van der Waals surface area contributed by atoms with Gasteiger partial charge in [0.25, 0.3) is 0 Å². The van der Waals surface area contributed by atoms with Crippen LogP contribution in [0.1, 0.15) is 29.5 Å². The summed E-state index contributed by atoms with van der Waals surface area (Å²) in [5, 5.41) is 8.46. The number of anilines is 1. The maximum atomic E-state index is 12.2. The van der Waals surface area contributed by atoms with Crippen molar-refractivity contribution in [3.8, 4) is 0 Å². The number of fused-ring (bicyclic) bond motifs is 1. The van der Waals surface area contributed by atoms with Gasteiger partial charge in [0.2, 0.25) is 5.91 Å². The topological polar surface area (TPSA) is 42.0 Å². The number of thiazole rings is 1. The third kappa shape index (κ3) is 2.88. The van der Waals surface area contributed by atoms with Crippen LogP contribution in [-0.4, -0.2) is 10.9 Å². The Bertz CT molecular complexity index is 836. The van der Waals surface area contributed by atoms with Gasteiger partial charge in [0.05, 0.1) is 17.1 Å². The van der Waals surface area contributed by atoms with Gasteiger partial charge in [-0.1, -0.05) is 30.3 Å². The minimum Gasteiger partial charge on any atom is -0.326 e. The first-order valence-electron chi connectivity index (χ1n) is 7.51. The third-order valence-corrected chi connectivity index (χ3v) is 4.93. The van der Waals surface area contributed by atoms with E-state index in [1.165, 1.54) is 23.2 Å². The number of rotatable bonds is 4. The van der Waals surface area contributed by atoms with Crippen molar-refractivity contribution in [2.75, 3.05) is 5.32 Å². The Balaban J connectivity index is 1.45. The van der Waals surface area contributed by atoms with Crippen molar-refractivity contribution in [2.45, 2.75) is 25.2 Å². The lowest BCUT2D eigenvalue weighted by molar-refractivity contribution is -0.115. The largest absolute Gasteiger partial charge is 0.326 e. The average Bonchev–Trinajstić information content (AvgIpc) is 3.28. The fraction of sp³-hybridized carbons (Fsp3) is 0.222. The van der Waals surface area contributed by atoms with Gasteiger partial charge in [-0.2, -0.15) is 0 Å². The molecule has 1 N–H and O–H groups in total. The van der Waals surface area contributed by atoms with Crippen molar-refractivity contribution in [1.29, 1.82) is 0 Å². The van der Waals surface area contributed by atoms with Gasteiger partial charge >= 0.3 is 0 Å². The molecule has 1 heterocycles. The van der Waals surface area contributed by atoms with E-state index in [0.717, 1.165) is 16.8 Å². The molecule has 0 unspecified atom stereocenters. The van der Waals surface area contributed by atoms with E-state index in [9.17, 15) is 4.79 Å². The standard InChI is InChI=1S/C18H16N2OS/c21-17(10-16-11-22-18(20-16)13-5-6-13)19-15-8-7-12-3-1-2-4-14(12)9-15/h1-4,7-9,11,13H,5-6,10H2,(H,19,21). The summed E-state index contributed by atoms with van der Waals surface area (Å²) < 4.78 is 0. The highest BCUT2D eigenvalue weighted by atomic mass is 32.1. The highest BCUT2D eigenvalue weighted by Crippen LogP contribution is 2.41. The summed E-state index contributed by atoms with van der Waals surface area (Å²) in [6, 6.07) is 14.1. The van der Waals surface area contributed by atoms with E-state index in [4.69, 9.17) is 0 Å². The lowest BCUT2D eigenvalue weighted by atomic mass is 10.1. The quantitative estimate of drug-likeness (QED) is 0.778. The zero-order valence-corrected chi connectivity index (χ0v) is 12.9. The molecule has 4 rings (SSSR count). The summed E-state index contributed by atoms with van der Waals surface area (Å²) in [6.07, 6.45) is 2.84. The van der Waals surface area contributed by atoms with Crippen molar-refractivity contribution < 1.29 is 4.79 Å². The predicted molar refractivity (Wildman–Crippen MR) is 90.4 cm³/mol. The van der Waals surface area contributed by atoms with Crippen LogP contribution in [0.2, 0.25) is 0 Å². The molecule has 0 aliphatic heterocycles. The summed E-state index contributed by atoms with van der Waals surface area (Å²) in [6.45, 7) is 0. The molecule has 1 fully saturated rings. The van der Waals surface area contributed by atoms with E-state index >= 15 is 0 Å². The van der Waals surface area contributed by atoms with Gasteiger partial charge in [-0.3, -0.25) is 4.79 Å². The second kappa shape index (κ2) is 5.54. The SMILES string of the molecule is O=C(Cc1csc(C2CC2)n1)Nc1ccc2ccccc2c1. The minimum absolute atomic E-state index is 0.0112. The number of benzene rings is 2. The Morgan fingerprint density at radius 2 is 2.00 bits per heavy atom. The summed E-state index contributed by atoms with van der Waals surface area (Å²) in [7, 11) is 0. The molecule has 1 amide bonds. The molecule has 4 heteroatoms. The minimum atomic E-state index is -0.0112. The number of nitrogens with zero attached hydrogens (tertiary/aromatic N) is 1. The molecule has 1 aliphatic rings. The number of hydrogen-bond donors (Lipinski definition) is 1. The van der Waals surface area contributed by atoms with Crippen molar-refractivity contribution in [2.24, 2.45) is 0 Å². The Morgan fingerprint density at radius 1 is 1.18 bits per heavy atom. The van der Waals surface area contributed by atoms with Gasteiger partial charge < -0.3 is 5.32 Å². The lowest BCUT2D eigenvalue weighted by Gasteiger charge is -2.05. The van der Waals surface area contributed by atoms with Gasteiger partial charge in [0.15, 0.2) is 0 Å². The maximum absolute atomic E-state index is 12.2. The molecule has 110 valence electrons. The van der Waals surface area contributed by atoms with Gasteiger partial charge in [-0.25, -0.2) is 4.98 Å². The zero-order valence-electron chi connectivity index (χ0n) is 12.1. The molecule has 1 saturated carbocycles. The number of nitrogens with one attached hydrogen (secondary N) is 1. The second-order valence-electron chi connectivity index (χ2n) is 5.74. The van der Waals surface area contributed by atoms with E-state index < -0.39 is 0 Å². The number of carbonyl (C=O) groups excluding carboxylic acids is 1. The predicted octanol–water partition coefficient (Wildman–Crippen LogP) is 4.35. The summed E-state index contributed by atoms with van der Waals surface area (Å²) >= 11 is 1.68. The second-order valence-corrected chi connectivity index (χ2v) is 6.63. The van der Waals surface area contributed by atoms with Crippen molar-refractivity contribution in [3.63, 3.8) is 0 Å². The van der Waals surface area contributed by atoms with Crippen LogP contribution in [0.3, 0.4) is 0 Å². The number of carbonyl (C=O) groups is 1. The highest BCUT2D eigenvalue weighted by Gasteiger charge is 2.26. The summed E-state index contributed by atoms with van der Waals surface area (Å²) in [5.74, 6) is 0.644. The molecule has 0 spiro atoms. The van der Waals surface area contributed by atoms with Crippen LogP contribution in [0.25, 0.3) is 10.8 Å². The zero-order chi connectivity index (χ0) is 14.9. The Hall–Kier alpha value is -2.20. The number of hydrogen-bond acceptors (Lipinski definition) is 3. The molecule has 0 atom stereocenters. The maximum Gasteiger partial charge on any atom is 0.230 e. The van der Waals surface area contributed by atoms with Crippen molar-refractivity contribution >= 4 is 33.7 Å². The van der Waals surface area contributed by atoms with Gasteiger partial charge in [-0.05, 0) is 35.7 Å². The van der Waals surface area contributed by atoms with Gasteiger partial charge in [0.1, 0.15) is 0 Å². The molecule has 22 heavy (non-hydrogen) atoms. The van der Waals surface area contributed by atoms with Crippen LogP contribution >= 0.6 is 11.3 Å². The molecule has 2 aromatic carbocycles. The van der Waals surface area contributed by atoms with E-state index in [1.54, 1.807) is 11.3 Å².